The summed E-state index contributed by atoms with van der Waals surface area (Å²) in [6.45, 7) is 2.46. The highest BCUT2D eigenvalue weighted by molar-refractivity contribution is 7.22. The molecule has 0 aliphatic rings. The molecule has 4 aromatic rings. The molecular formula is C24H22N2O3S. The van der Waals surface area contributed by atoms with Crippen LogP contribution >= 0.6 is 11.3 Å². The van der Waals surface area contributed by atoms with E-state index >= 15 is 0 Å². The molecule has 1 aromatic heterocycles. The van der Waals surface area contributed by atoms with Crippen LogP contribution in [0.4, 0.5) is 5.13 Å². The van der Waals surface area contributed by atoms with Gasteiger partial charge in [0.2, 0.25) is 0 Å². The van der Waals surface area contributed by atoms with E-state index < -0.39 is 0 Å². The number of benzene rings is 3. The van der Waals surface area contributed by atoms with E-state index in [1.54, 1.807) is 43.4 Å². The number of nitrogens with zero attached hydrogens (tertiary/aromatic N) is 2. The van der Waals surface area contributed by atoms with Crippen LogP contribution in [0.1, 0.15) is 21.5 Å². The smallest absolute Gasteiger partial charge is 0.260 e. The zero-order valence-electron chi connectivity index (χ0n) is 17.1. The van der Waals surface area contributed by atoms with Crippen LogP contribution in [0.15, 0.2) is 66.7 Å². The molecule has 0 fully saturated rings. The molecule has 0 unspecified atom stereocenters. The minimum absolute atomic E-state index is 0.114. The second-order valence-corrected chi connectivity index (χ2v) is 7.84. The van der Waals surface area contributed by atoms with Crippen LogP contribution in [0, 0.1) is 6.92 Å². The zero-order chi connectivity index (χ0) is 21.1. The monoisotopic (exact) mass is 418 g/mol. The molecule has 0 atom stereocenters. The molecule has 0 spiro atoms. The van der Waals surface area contributed by atoms with Crippen molar-refractivity contribution in [3.8, 4) is 11.5 Å². The number of amides is 1. The highest BCUT2D eigenvalue weighted by Crippen LogP contribution is 2.37. The number of aryl methyl sites for hydroxylation is 1. The Labute approximate surface area is 179 Å². The predicted molar refractivity (Wildman–Crippen MR) is 121 cm³/mol. The molecule has 0 aliphatic heterocycles. The Morgan fingerprint density at radius 3 is 2.37 bits per heavy atom. The molecule has 0 saturated heterocycles. The third-order valence-corrected chi connectivity index (χ3v) is 6.12. The molecule has 4 rings (SSSR count). The fourth-order valence-electron chi connectivity index (χ4n) is 3.26. The summed E-state index contributed by atoms with van der Waals surface area (Å²) in [7, 11) is 3.24. The number of ether oxygens (including phenoxy) is 2. The van der Waals surface area contributed by atoms with Gasteiger partial charge in [-0.15, -0.1) is 0 Å². The number of carbonyl (C=O) groups excluding carboxylic acids is 1. The van der Waals surface area contributed by atoms with Crippen LogP contribution < -0.4 is 14.4 Å². The maximum absolute atomic E-state index is 13.5. The number of hydrogen-bond donors (Lipinski definition) is 0. The molecule has 30 heavy (non-hydrogen) atoms. The minimum Gasteiger partial charge on any atom is -0.497 e. The number of rotatable bonds is 6. The minimum atomic E-state index is -0.114. The fraction of sp³-hybridized carbons (Fsp3) is 0.167. The summed E-state index contributed by atoms with van der Waals surface area (Å²) >= 11 is 1.50. The summed E-state index contributed by atoms with van der Waals surface area (Å²) in [6, 6.07) is 21.0. The molecule has 152 valence electrons. The second kappa shape index (κ2) is 8.55. The van der Waals surface area contributed by atoms with Gasteiger partial charge in [0.25, 0.3) is 5.91 Å². The average molecular weight is 419 g/mol. The van der Waals surface area contributed by atoms with Crippen molar-refractivity contribution in [1.82, 2.24) is 4.98 Å². The zero-order valence-corrected chi connectivity index (χ0v) is 17.9. The lowest BCUT2D eigenvalue weighted by Gasteiger charge is -2.20. The molecule has 0 aliphatic carbocycles. The molecule has 1 heterocycles. The number of aromatic nitrogens is 1. The highest BCUT2D eigenvalue weighted by Gasteiger charge is 2.23. The molecule has 3 aromatic carbocycles. The first-order valence-corrected chi connectivity index (χ1v) is 10.4. The molecular weight excluding hydrogens is 396 g/mol. The highest BCUT2D eigenvalue weighted by atomic mass is 32.1. The third-order valence-electron chi connectivity index (χ3n) is 4.91. The van der Waals surface area contributed by atoms with Gasteiger partial charge in [-0.1, -0.05) is 47.7 Å². The fourth-order valence-corrected chi connectivity index (χ4v) is 4.31. The topological polar surface area (TPSA) is 51.7 Å². The van der Waals surface area contributed by atoms with Gasteiger partial charge >= 0.3 is 0 Å². The van der Waals surface area contributed by atoms with E-state index in [1.165, 1.54) is 11.3 Å². The van der Waals surface area contributed by atoms with Crippen molar-refractivity contribution >= 4 is 32.6 Å². The number of fused-ring (bicyclic) bond motifs is 1. The Hall–Kier alpha value is -3.38. The van der Waals surface area contributed by atoms with Gasteiger partial charge in [-0.05, 0) is 48.4 Å². The van der Waals surface area contributed by atoms with Gasteiger partial charge < -0.3 is 9.47 Å². The SMILES string of the molecule is COc1ccc(C(=O)N(Cc2ccccc2)c2nc3c(OC)ccc(C)c3s2)cc1. The quantitative estimate of drug-likeness (QED) is 0.417. The average Bonchev–Trinajstić information content (AvgIpc) is 3.24. The molecule has 6 heteroatoms. The molecule has 5 nitrogen and oxygen atoms in total. The van der Waals surface area contributed by atoms with Gasteiger partial charge in [0, 0.05) is 5.56 Å². The van der Waals surface area contributed by atoms with Crippen LogP contribution in [0.2, 0.25) is 0 Å². The summed E-state index contributed by atoms with van der Waals surface area (Å²) in [5, 5.41) is 0.641. The van der Waals surface area contributed by atoms with Crippen LogP contribution in [-0.4, -0.2) is 25.1 Å². The number of methoxy groups -OCH3 is 2. The van der Waals surface area contributed by atoms with Gasteiger partial charge in [0.1, 0.15) is 17.0 Å². The Morgan fingerprint density at radius 1 is 0.967 bits per heavy atom. The first-order chi connectivity index (χ1) is 14.6. The van der Waals surface area contributed by atoms with E-state index in [4.69, 9.17) is 14.5 Å². The maximum atomic E-state index is 13.5. The molecule has 0 radical (unpaired) electrons. The van der Waals surface area contributed by atoms with Crippen molar-refractivity contribution in [1.29, 1.82) is 0 Å². The molecule has 0 saturated carbocycles. The van der Waals surface area contributed by atoms with Crippen LogP contribution in [0.5, 0.6) is 11.5 Å². The van der Waals surface area contributed by atoms with Gasteiger partial charge in [-0.2, -0.15) is 0 Å². The van der Waals surface area contributed by atoms with Crippen molar-refractivity contribution in [2.75, 3.05) is 19.1 Å². The van der Waals surface area contributed by atoms with Gasteiger partial charge in [0.15, 0.2) is 5.13 Å². The van der Waals surface area contributed by atoms with E-state index in [9.17, 15) is 4.79 Å². The summed E-state index contributed by atoms with van der Waals surface area (Å²) in [5.41, 5.74) is 3.49. The van der Waals surface area contributed by atoms with E-state index in [0.717, 1.165) is 21.3 Å². The molecule has 0 bridgehead atoms. The summed E-state index contributed by atoms with van der Waals surface area (Å²) in [5.74, 6) is 1.30. The van der Waals surface area contributed by atoms with E-state index in [2.05, 4.69) is 0 Å². The maximum Gasteiger partial charge on any atom is 0.260 e. The summed E-state index contributed by atoms with van der Waals surface area (Å²) in [6.07, 6.45) is 0. The third kappa shape index (κ3) is 3.86. The van der Waals surface area contributed by atoms with E-state index in [0.29, 0.717) is 28.7 Å². The normalized spacial score (nSPS) is 10.8. The first-order valence-electron chi connectivity index (χ1n) is 9.54. The predicted octanol–water partition coefficient (Wildman–Crippen LogP) is 5.47. The van der Waals surface area contributed by atoms with Crippen molar-refractivity contribution in [2.45, 2.75) is 13.5 Å². The number of anilines is 1. The Kier molecular flexibility index (Phi) is 5.68. The van der Waals surface area contributed by atoms with Crippen LogP contribution in [0.25, 0.3) is 10.2 Å². The Balaban J connectivity index is 1.79. The van der Waals surface area contributed by atoms with Gasteiger partial charge in [0.05, 0.1) is 25.5 Å². The first kappa shape index (κ1) is 19.9. The lowest BCUT2D eigenvalue weighted by molar-refractivity contribution is 0.0985. The standard InChI is InChI=1S/C24H22N2O3S/c1-16-9-14-20(29-3)21-22(16)30-24(25-21)26(15-17-7-5-4-6-8-17)23(27)18-10-12-19(28-2)13-11-18/h4-14H,15H2,1-3H3. The largest absolute Gasteiger partial charge is 0.497 e. The number of hydrogen-bond acceptors (Lipinski definition) is 5. The summed E-state index contributed by atoms with van der Waals surface area (Å²) < 4.78 is 11.7. The second-order valence-electron chi connectivity index (χ2n) is 6.86. The molecule has 0 N–H and O–H groups in total. The number of thiazole rings is 1. The summed E-state index contributed by atoms with van der Waals surface area (Å²) in [4.78, 5) is 20.0. The van der Waals surface area contributed by atoms with E-state index in [-0.39, 0.29) is 5.91 Å². The van der Waals surface area contributed by atoms with Crippen LogP contribution in [0.3, 0.4) is 0 Å². The van der Waals surface area contributed by atoms with E-state index in [1.807, 2.05) is 49.4 Å². The Bertz CT molecular complexity index is 1170. The number of carbonyl (C=O) groups is 1. The Morgan fingerprint density at radius 2 is 1.70 bits per heavy atom. The van der Waals surface area contributed by atoms with Gasteiger partial charge in [-0.3, -0.25) is 9.69 Å². The molecule has 1 amide bonds. The van der Waals surface area contributed by atoms with Crippen molar-refractivity contribution in [3.05, 3.63) is 83.4 Å². The van der Waals surface area contributed by atoms with Crippen molar-refractivity contribution in [2.24, 2.45) is 0 Å². The van der Waals surface area contributed by atoms with Gasteiger partial charge in [-0.25, -0.2) is 4.98 Å². The van der Waals surface area contributed by atoms with Crippen molar-refractivity contribution in [3.63, 3.8) is 0 Å². The van der Waals surface area contributed by atoms with Crippen LogP contribution in [-0.2, 0) is 6.54 Å². The lowest BCUT2D eigenvalue weighted by atomic mass is 10.1. The lowest BCUT2D eigenvalue weighted by Crippen LogP contribution is -2.30. The van der Waals surface area contributed by atoms with Crippen molar-refractivity contribution < 1.29 is 14.3 Å².